The summed E-state index contributed by atoms with van der Waals surface area (Å²) in [7, 11) is 0. The van der Waals surface area contributed by atoms with E-state index in [1.54, 1.807) is 0 Å². The van der Waals surface area contributed by atoms with Crippen LogP contribution in [0, 0.1) is 11.8 Å². The zero-order valence-corrected chi connectivity index (χ0v) is 10.3. The summed E-state index contributed by atoms with van der Waals surface area (Å²) in [6, 6.07) is 1.48. The zero-order chi connectivity index (χ0) is 10.7. The predicted molar refractivity (Wildman–Crippen MR) is 65.0 cm³/mol. The fourth-order valence-electron chi connectivity index (χ4n) is 2.58. The van der Waals surface area contributed by atoms with Crippen molar-refractivity contribution in [1.82, 2.24) is 10.6 Å². The first-order valence-electron chi connectivity index (χ1n) is 6.72. The predicted octanol–water partition coefficient (Wildman–Crippen LogP) is 2.15. The molecule has 3 unspecified atom stereocenters. The Bertz CT molecular complexity index is 189. The van der Waals surface area contributed by atoms with E-state index in [0.717, 1.165) is 24.4 Å². The topological polar surface area (TPSA) is 24.1 Å². The maximum absolute atomic E-state index is 3.68. The molecule has 0 aromatic rings. The van der Waals surface area contributed by atoms with Gasteiger partial charge in [-0.3, -0.25) is 0 Å². The fourth-order valence-corrected chi connectivity index (χ4v) is 2.58. The second-order valence-electron chi connectivity index (χ2n) is 5.66. The van der Waals surface area contributed by atoms with Gasteiger partial charge in [0.05, 0.1) is 0 Å². The van der Waals surface area contributed by atoms with Crippen molar-refractivity contribution in [2.24, 2.45) is 11.8 Å². The highest BCUT2D eigenvalue weighted by atomic mass is 15.0. The number of nitrogens with one attached hydrogen (secondary N) is 2. The van der Waals surface area contributed by atoms with Gasteiger partial charge in [-0.1, -0.05) is 19.8 Å². The van der Waals surface area contributed by atoms with Crippen molar-refractivity contribution in [3.63, 3.8) is 0 Å². The second-order valence-corrected chi connectivity index (χ2v) is 5.66. The molecule has 0 aliphatic heterocycles. The van der Waals surface area contributed by atoms with Crippen LogP contribution >= 0.6 is 0 Å². The lowest BCUT2D eigenvalue weighted by atomic mass is 9.98. The largest absolute Gasteiger partial charge is 0.313 e. The van der Waals surface area contributed by atoms with E-state index in [4.69, 9.17) is 0 Å². The lowest BCUT2D eigenvalue weighted by Crippen LogP contribution is -2.39. The molecule has 2 saturated carbocycles. The van der Waals surface area contributed by atoms with Crippen LogP contribution in [0.25, 0.3) is 0 Å². The summed E-state index contributed by atoms with van der Waals surface area (Å²) in [6.45, 7) is 7.09. The van der Waals surface area contributed by atoms with Crippen molar-refractivity contribution in [2.45, 2.75) is 58.0 Å². The fraction of sp³-hybridized carbons (Fsp3) is 1.00. The summed E-state index contributed by atoms with van der Waals surface area (Å²) in [5.74, 6) is 1.88. The van der Waals surface area contributed by atoms with Crippen LogP contribution in [0.3, 0.4) is 0 Å². The van der Waals surface area contributed by atoms with Gasteiger partial charge in [-0.05, 0) is 44.6 Å². The maximum Gasteiger partial charge on any atom is 0.0164 e. The molecule has 0 heterocycles. The molecule has 2 aliphatic rings. The van der Waals surface area contributed by atoms with Gasteiger partial charge in [0.2, 0.25) is 0 Å². The minimum atomic E-state index is 0.637. The first-order valence-corrected chi connectivity index (χ1v) is 6.72. The van der Waals surface area contributed by atoms with Crippen LogP contribution in [0.1, 0.15) is 46.0 Å². The maximum atomic E-state index is 3.68. The normalized spacial score (nSPS) is 33.2. The molecule has 88 valence electrons. The van der Waals surface area contributed by atoms with Gasteiger partial charge in [0, 0.05) is 18.6 Å². The van der Waals surface area contributed by atoms with E-state index in [1.807, 2.05) is 0 Å². The van der Waals surface area contributed by atoms with E-state index in [0.29, 0.717) is 6.04 Å². The highest BCUT2D eigenvalue weighted by Gasteiger charge is 2.24. The first-order chi connectivity index (χ1) is 7.25. The molecule has 2 fully saturated rings. The third-order valence-electron chi connectivity index (χ3n) is 4.06. The lowest BCUT2D eigenvalue weighted by Gasteiger charge is -2.20. The molecule has 2 nitrogen and oxygen atoms in total. The van der Waals surface area contributed by atoms with E-state index in [2.05, 4.69) is 24.5 Å². The molecule has 2 aliphatic carbocycles. The summed E-state index contributed by atoms with van der Waals surface area (Å²) in [5.41, 5.74) is 0. The Morgan fingerprint density at radius 1 is 1.20 bits per heavy atom. The summed E-state index contributed by atoms with van der Waals surface area (Å²) >= 11 is 0. The zero-order valence-electron chi connectivity index (χ0n) is 10.3. The Balaban J connectivity index is 1.55. The summed E-state index contributed by atoms with van der Waals surface area (Å²) in [6.07, 6.45) is 7.12. The van der Waals surface area contributed by atoms with E-state index in [1.165, 1.54) is 38.6 Å². The molecular weight excluding hydrogens is 184 g/mol. The minimum Gasteiger partial charge on any atom is -0.313 e. The summed E-state index contributed by atoms with van der Waals surface area (Å²) in [5, 5.41) is 7.26. The van der Waals surface area contributed by atoms with Gasteiger partial charge in [0.25, 0.3) is 0 Å². The average molecular weight is 210 g/mol. The first kappa shape index (κ1) is 11.4. The Morgan fingerprint density at radius 2 is 2.00 bits per heavy atom. The Morgan fingerprint density at radius 3 is 2.60 bits per heavy atom. The van der Waals surface area contributed by atoms with Crippen molar-refractivity contribution in [1.29, 1.82) is 0 Å². The molecule has 0 spiro atoms. The van der Waals surface area contributed by atoms with Crippen molar-refractivity contribution < 1.29 is 0 Å². The molecule has 0 bridgehead atoms. The van der Waals surface area contributed by atoms with E-state index < -0.39 is 0 Å². The van der Waals surface area contributed by atoms with Crippen LogP contribution in [0.15, 0.2) is 0 Å². The molecule has 0 aromatic heterocycles. The van der Waals surface area contributed by atoms with Crippen LogP contribution in [0.5, 0.6) is 0 Å². The highest BCUT2D eigenvalue weighted by molar-refractivity contribution is 4.83. The summed E-state index contributed by atoms with van der Waals surface area (Å²) < 4.78 is 0. The Kier molecular flexibility index (Phi) is 4.04. The third kappa shape index (κ3) is 3.76. The van der Waals surface area contributed by atoms with Gasteiger partial charge in [-0.25, -0.2) is 0 Å². The van der Waals surface area contributed by atoms with Crippen molar-refractivity contribution in [3.8, 4) is 0 Å². The standard InChI is InChI=1S/C13H26N2/c1-10-4-3-5-12(10)9-14-11(2)8-15-13-6-7-13/h10-15H,3-9H2,1-2H3. The van der Waals surface area contributed by atoms with Crippen molar-refractivity contribution in [2.75, 3.05) is 13.1 Å². The Labute approximate surface area is 94.2 Å². The molecule has 0 radical (unpaired) electrons. The average Bonchev–Trinajstić information content (AvgIpc) is 2.96. The third-order valence-corrected chi connectivity index (χ3v) is 4.06. The van der Waals surface area contributed by atoms with Gasteiger partial charge < -0.3 is 10.6 Å². The molecule has 15 heavy (non-hydrogen) atoms. The molecule has 0 amide bonds. The molecule has 3 atom stereocenters. The molecule has 0 saturated heterocycles. The van der Waals surface area contributed by atoms with E-state index in [9.17, 15) is 0 Å². The highest BCUT2D eigenvalue weighted by Crippen LogP contribution is 2.30. The number of rotatable bonds is 6. The quantitative estimate of drug-likeness (QED) is 0.702. The number of hydrogen-bond donors (Lipinski definition) is 2. The second kappa shape index (κ2) is 5.31. The van der Waals surface area contributed by atoms with Gasteiger partial charge in [-0.2, -0.15) is 0 Å². The van der Waals surface area contributed by atoms with E-state index in [-0.39, 0.29) is 0 Å². The van der Waals surface area contributed by atoms with E-state index >= 15 is 0 Å². The van der Waals surface area contributed by atoms with Gasteiger partial charge in [-0.15, -0.1) is 0 Å². The monoisotopic (exact) mass is 210 g/mol. The van der Waals surface area contributed by atoms with Gasteiger partial charge in [0.1, 0.15) is 0 Å². The van der Waals surface area contributed by atoms with Crippen LogP contribution in [0.2, 0.25) is 0 Å². The molecule has 2 heteroatoms. The van der Waals surface area contributed by atoms with Crippen LogP contribution in [0.4, 0.5) is 0 Å². The Hall–Kier alpha value is -0.0800. The SMILES string of the molecule is CC(CNC1CC1)NCC1CCCC1C. The van der Waals surface area contributed by atoms with Gasteiger partial charge in [0.15, 0.2) is 0 Å². The molecular formula is C13H26N2. The smallest absolute Gasteiger partial charge is 0.0164 e. The van der Waals surface area contributed by atoms with Crippen LogP contribution < -0.4 is 10.6 Å². The molecule has 2 N–H and O–H groups in total. The summed E-state index contributed by atoms with van der Waals surface area (Å²) in [4.78, 5) is 0. The van der Waals surface area contributed by atoms with Crippen molar-refractivity contribution in [3.05, 3.63) is 0 Å². The number of hydrogen-bond acceptors (Lipinski definition) is 2. The molecule has 2 rings (SSSR count). The minimum absolute atomic E-state index is 0.637. The van der Waals surface area contributed by atoms with Gasteiger partial charge >= 0.3 is 0 Å². The lowest BCUT2D eigenvalue weighted by molar-refractivity contribution is 0.367. The molecule has 0 aromatic carbocycles. The van der Waals surface area contributed by atoms with Crippen molar-refractivity contribution >= 4 is 0 Å². The van der Waals surface area contributed by atoms with Crippen LogP contribution in [-0.4, -0.2) is 25.2 Å². The van der Waals surface area contributed by atoms with Crippen LogP contribution in [-0.2, 0) is 0 Å².